The second kappa shape index (κ2) is 34.6. The minimum Gasteiger partial charge on any atom is -0.392 e. The van der Waals surface area contributed by atoms with Crippen LogP contribution in [-0.4, -0.2) is 59.0 Å². The van der Waals surface area contributed by atoms with Crippen molar-refractivity contribution in [2.45, 2.75) is 205 Å². The van der Waals surface area contributed by atoms with Crippen LogP contribution in [0, 0.1) is 0 Å². The van der Waals surface area contributed by atoms with Crippen molar-refractivity contribution >= 4 is 13.7 Å². The lowest BCUT2D eigenvalue weighted by Gasteiger charge is -2.25. The molecule has 48 heavy (non-hydrogen) atoms. The number of nitrogens with two attached hydrogens (primary N) is 1. The number of amides is 1. The van der Waals surface area contributed by atoms with Crippen molar-refractivity contribution in [2.75, 3.05) is 19.8 Å². The van der Waals surface area contributed by atoms with E-state index in [1.165, 1.54) is 122 Å². The average Bonchev–Trinajstić information content (AvgIpc) is 3.06. The Hall–Kier alpha value is -0.800. The number of aliphatic hydroxyl groups excluding tert-OH is 2. The highest BCUT2D eigenvalue weighted by atomic mass is 31.2. The molecule has 0 aliphatic carbocycles. The Bertz CT molecular complexity index is 786. The van der Waals surface area contributed by atoms with Crippen molar-refractivity contribution in [1.29, 1.82) is 0 Å². The van der Waals surface area contributed by atoms with Crippen molar-refractivity contribution in [3.63, 3.8) is 0 Å². The number of unbranched alkanes of at least 4 members (excludes halogenated alkanes) is 22. The molecule has 1 amide bonds. The first-order valence-corrected chi connectivity index (χ1v) is 21.4. The number of phosphoric ester groups is 1. The van der Waals surface area contributed by atoms with Crippen molar-refractivity contribution in [2.24, 2.45) is 5.73 Å². The van der Waals surface area contributed by atoms with Gasteiger partial charge in [0.1, 0.15) is 0 Å². The van der Waals surface area contributed by atoms with Crippen LogP contribution in [0.3, 0.4) is 0 Å². The number of nitrogens with one attached hydrogen (secondary N) is 1. The fourth-order valence-corrected chi connectivity index (χ4v) is 6.64. The highest BCUT2D eigenvalue weighted by molar-refractivity contribution is 7.47. The van der Waals surface area contributed by atoms with Gasteiger partial charge in [-0.15, -0.1) is 0 Å². The minimum absolute atomic E-state index is 0.0567. The molecule has 10 heteroatoms. The molecule has 0 aromatic carbocycles. The molecule has 0 aliphatic heterocycles. The summed E-state index contributed by atoms with van der Waals surface area (Å²) in [4.78, 5) is 22.6. The first kappa shape index (κ1) is 47.2. The van der Waals surface area contributed by atoms with E-state index in [1.807, 2.05) is 12.2 Å². The zero-order valence-corrected chi connectivity index (χ0v) is 32.0. The number of allylic oxidation sites excluding steroid dienone is 1. The number of hydrogen-bond acceptors (Lipinski definition) is 7. The number of carbonyl (C=O) groups is 1. The van der Waals surface area contributed by atoms with Crippen LogP contribution in [0.25, 0.3) is 0 Å². The third-order valence-corrected chi connectivity index (χ3v) is 9.91. The Morgan fingerprint density at radius 2 is 1.17 bits per heavy atom. The molecular weight excluding hydrogens is 627 g/mol. The molecule has 0 fully saturated rings. The fourth-order valence-electron chi connectivity index (χ4n) is 5.89. The molecule has 9 nitrogen and oxygen atoms in total. The predicted octanol–water partition coefficient (Wildman–Crippen LogP) is 9.41. The number of carbonyl (C=O) groups excluding carboxylic acids is 1. The highest BCUT2D eigenvalue weighted by Gasteiger charge is 2.28. The number of hydrogen-bond donors (Lipinski definition) is 5. The number of aliphatic hydroxyl groups is 2. The predicted molar refractivity (Wildman–Crippen MR) is 200 cm³/mol. The van der Waals surface area contributed by atoms with Gasteiger partial charge in [-0.3, -0.25) is 13.8 Å². The molecule has 286 valence electrons. The SMILES string of the molecule is CCCCCC/C=C\CC(O)CC(=O)NC(COP(=O)(O)OCCN)C(O)CCCCCCCCCCCCCCCCCCCCC. The van der Waals surface area contributed by atoms with E-state index < -0.39 is 38.6 Å². The topological polar surface area (TPSA) is 151 Å². The van der Waals surface area contributed by atoms with Crippen LogP contribution in [0.4, 0.5) is 0 Å². The fraction of sp³-hybridized carbons (Fsp3) is 0.921. The molecular formula is C38H77N2O7P. The summed E-state index contributed by atoms with van der Waals surface area (Å²) in [5.74, 6) is -0.449. The molecule has 0 bridgehead atoms. The van der Waals surface area contributed by atoms with Crippen LogP contribution in [0.5, 0.6) is 0 Å². The first-order chi connectivity index (χ1) is 23.3. The summed E-state index contributed by atoms with van der Waals surface area (Å²) in [7, 11) is -4.37. The van der Waals surface area contributed by atoms with Gasteiger partial charge in [-0.2, -0.15) is 0 Å². The summed E-state index contributed by atoms with van der Waals surface area (Å²) in [6.07, 6.45) is 32.9. The van der Waals surface area contributed by atoms with Crippen molar-refractivity contribution in [1.82, 2.24) is 5.32 Å². The Labute approximate surface area is 295 Å². The molecule has 0 aliphatic rings. The van der Waals surface area contributed by atoms with Crippen LogP contribution in [0.1, 0.15) is 187 Å². The van der Waals surface area contributed by atoms with Gasteiger partial charge in [0.25, 0.3) is 0 Å². The zero-order valence-electron chi connectivity index (χ0n) is 31.1. The summed E-state index contributed by atoms with van der Waals surface area (Å²) in [6, 6.07) is -0.906. The molecule has 0 rings (SSSR count). The van der Waals surface area contributed by atoms with E-state index in [4.69, 9.17) is 14.8 Å². The van der Waals surface area contributed by atoms with Crippen LogP contribution < -0.4 is 11.1 Å². The Kier molecular flexibility index (Phi) is 34.1. The molecule has 0 spiro atoms. The molecule has 0 aromatic rings. The zero-order chi connectivity index (χ0) is 35.6. The maximum atomic E-state index is 12.7. The van der Waals surface area contributed by atoms with Crippen LogP contribution >= 0.6 is 7.82 Å². The van der Waals surface area contributed by atoms with Gasteiger partial charge in [-0.1, -0.05) is 167 Å². The molecule has 4 atom stereocenters. The minimum atomic E-state index is -4.37. The highest BCUT2D eigenvalue weighted by Crippen LogP contribution is 2.43. The van der Waals surface area contributed by atoms with Gasteiger partial charge < -0.3 is 26.2 Å². The van der Waals surface area contributed by atoms with Gasteiger partial charge in [0.05, 0.1) is 37.9 Å². The van der Waals surface area contributed by atoms with E-state index in [-0.39, 0.29) is 19.6 Å². The Balaban J connectivity index is 4.24. The van der Waals surface area contributed by atoms with Crippen molar-refractivity contribution in [3.05, 3.63) is 12.2 Å². The molecule has 6 N–H and O–H groups in total. The smallest absolute Gasteiger partial charge is 0.392 e. The summed E-state index contributed by atoms with van der Waals surface area (Å²) in [5, 5.41) is 23.9. The van der Waals surface area contributed by atoms with Gasteiger partial charge in [-0.05, 0) is 25.7 Å². The molecule has 0 saturated carbocycles. The van der Waals surface area contributed by atoms with Crippen LogP contribution in [-0.2, 0) is 18.4 Å². The summed E-state index contributed by atoms with van der Waals surface area (Å²) in [6.45, 7) is 3.96. The van der Waals surface area contributed by atoms with E-state index in [2.05, 4.69) is 19.2 Å². The second-order valence-electron chi connectivity index (χ2n) is 13.7. The van der Waals surface area contributed by atoms with Crippen LogP contribution in [0.15, 0.2) is 12.2 Å². The maximum absolute atomic E-state index is 12.7. The molecule has 0 aromatic heterocycles. The average molecular weight is 705 g/mol. The Morgan fingerprint density at radius 3 is 1.65 bits per heavy atom. The van der Waals surface area contributed by atoms with Crippen LogP contribution in [0.2, 0.25) is 0 Å². The Morgan fingerprint density at radius 1 is 0.708 bits per heavy atom. The molecule has 0 heterocycles. The summed E-state index contributed by atoms with van der Waals surface area (Å²) in [5.41, 5.74) is 5.34. The van der Waals surface area contributed by atoms with Gasteiger partial charge >= 0.3 is 7.82 Å². The van der Waals surface area contributed by atoms with E-state index in [0.717, 1.165) is 32.1 Å². The van der Waals surface area contributed by atoms with E-state index in [0.29, 0.717) is 12.8 Å². The molecule has 4 unspecified atom stereocenters. The normalized spacial score (nSPS) is 15.0. The van der Waals surface area contributed by atoms with Crippen molar-refractivity contribution in [3.8, 4) is 0 Å². The van der Waals surface area contributed by atoms with Gasteiger partial charge in [0.15, 0.2) is 0 Å². The lowest BCUT2D eigenvalue weighted by Crippen LogP contribution is -2.47. The third-order valence-electron chi connectivity index (χ3n) is 8.92. The van der Waals surface area contributed by atoms with Gasteiger partial charge in [-0.25, -0.2) is 4.57 Å². The second-order valence-corrected chi connectivity index (χ2v) is 15.1. The van der Waals surface area contributed by atoms with Crippen molar-refractivity contribution < 1.29 is 33.5 Å². The van der Waals surface area contributed by atoms with Gasteiger partial charge in [0.2, 0.25) is 5.91 Å². The monoisotopic (exact) mass is 705 g/mol. The lowest BCUT2D eigenvalue weighted by molar-refractivity contribution is -0.125. The third kappa shape index (κ3) is 32.4. The first-order valence-electron chi connectivity index (χ1n) is 19.9. The standard InChI is InChI=1S/C38H77N2O7P/c1-3-5-7-9-11-12-13-14-15-16-17-18-19-20-21-22-24-26-28-30-37(42)36(34-47-48(44,45)46-32-31-39)40-38(43)33-35(41)29-27-25-23-10-8-6-4-2/h25,27,35-37,41-42H,3-24,26,28-34,39H2,1-2H3,(H,40,43)(H,44,45)/b27-25-. The summed E-state index contributed by atoms with van der Waals surface area (Å²) >= 11 is 0. The maximum Gasteiger partial charge on any atom is 0.472 e. The van der Waals surface area contributed by atoms with Gasteiger partial charge in [0, 0.05) is 6.54 Å². The largest absolute Gasteiger partial charge is 0.472 e. The lowest BCUT2D eigenvalue weighted by atomic mass is 10.0. The van der Waals surface area contributed by atoms with E-state index in [1.54, 1.807) is 0 Å². The molecule has 0 radical (unpaired) electrons. The van der Waals surface area contributed by atoms with E-state index >= 15 is 0 Å². The number of rotatable bonds is 37. The number of phosphoric acid groups is 1. The summed E-state index contributed by atoms with van der Waals surface area (Å²) < 4.78 is 22.0. The molecule has 0 saturated heterocycles. The van der Waals surface area contributed by atoms with E-state index in [9.17, 15) is 24.5 Å². The quantitative estimate of drug-likeness (QED) is 0.0244.